The molecular formula is C10H12F3NO3S. The SMILES string of the molecule is CCC(NS(=O)(=O)C(F)(F)F)Oc1ccccc1. The summed E-state index contributed by atoms with van der Waals surface area (Å²) in [6.45, 7) is 1.51. The van der Waals surface area contributed by atoms with Crippen molar-refractivity contribution in [3.05, 3.63) is 30.3 Å². The predicted molar refractivity (Wildman–Crippen MR) is 59.3 cm³/mol. The molecule has 0 saturated heterocycles. The lowest BCUT2D eigenvalue weighted by Gasteiger charge is -2.19. The first-order valence-corrected chi connectivity index (χ1v) is 6.55. The molecule has 0 aromatic heterocycles. The zero-order valence-corrected chi connectivity index (χ0v) is 10.3. The van der Waals surface area contributed by atoms with Crippen LogP contribution in [0.2, 0.25) is 0 Å². The van der Waals surface area contributed by atoms with Gasteiger partial charge in [0, 0.05) is 0 Å². The molecule has 0 bridgehead atoms. The van der Waals surface area contributed by atoms with Crippen molar-refractivity contribution < 1.29 is 26.3 Å². The highest BCUT2D eigenvalue weighted by Gasteiger charge is 2.47. The highest BCUT2D eigenvalue weighted by atomic mass is 32.2. The Balaban J connectivity index is 2.75. The average Bonchev–Trinajstić information content (AvgIpc) is 2.27. The summed E-state index contributed by atoms with van der Waals surface area (Å²) in [6, 6.07) is 7.99. The molecule has 1 rings (SSSR count). The maximum atomic E-state index is 12.2. The van der Waals surface area contributed by atoms with E-state index < -0.39 is 21.8 Å². The van der Waals surface area contributed by atoms with Gasteiger partial charge in [0.15, 0.2) is 6.23 Å². The van der Waals surface area contributed by atoms with Crippen molar-refractivity contribution in [1.82, 2.24) is 4.72 Å². The Morgan fingerprint density at radius 2 is 1.83 bits per heavy atom. The molecule has 0 amide bonds. The first kappa shape index (κ1) is 14.8. The van der Waals surface area contributed by atoms with Gasteiger partial charge in [-0.2, -0.15) is 17.9 Å². The Morgan fingerprint density at radius 1 is 1.28 bits per heavy atom. The molecule has 4 nitrogen and oxygen atoms in total. The third-order valence-corrected chi connectivity index (χ3v) is 3.17. The minimum atomic E-state index is -5.40. The topological polar surface area (TPSA) is 55.4 Å². The maximum absolute atomic E-state index is 12.2. The fraction of sp³-hybridized carbons (Fsp3) is 0.400. The summed E-state index contributed by atoms with van der Waals surface area (Å²) in [6.07, 6.45) is -1.21. The second kappa shape index (κ2) is 5.57. The number of para-hydroxylation sites is 1. The van der Waals surface area contributed by atoms with Gasteiger partial charge >= 0.3 is 15.5 Å². The Labute approximate surface area is 103 Å². The summed E-state index contributed by atoms with van der Waals surface area (Å²) in [4.78, 5) is 0. The minimum Gasteiger partial charge on any atom is -0.474 e. The molecule has 0 aliphatic rings. The molecule has 102 valence electrons. The van der Waals surface area contributed by atoms with Crippen LogP contribution in [0, 0.1) is 0 Å². The standard InChI is InChI=1S/C10H12F3NO3S/c1-2-9(14-18(15,16)10(11,12)13)17-8-6-4-3-5-7-8/h3-7,9,14H,2H2,1H3. The van der Waals surface area contributed by atoms with Crippen LogP contribution in [-0.4, -0.2) is 20.2 Å². The molecule has 1 aromatic rings. The number of ether oxygens (including phenoxy) is 1. The van der Waals surface area contributed by atoms with Crippen LogP contribution < -0.4 is 9.46 Å². The maximum Gasteiger partial charge on any atom is 0.511 e. The van der Waals surface area contributed by atoms with Crippen molar-refractivity contribution in [2.75, 3.05) is 0 Å². The molecule has 0 spiro atoms. The monoisotopic (exact) mass is 283 g/mol. The van der Waals surface area contributed by atoms with Crippen LogP contribution in [0.1, 0.15) is 13.3 Å². The van der Waals surface area contributed by atoms with Gasteiger partial charge in [-0.3, -0.25) is 0 Å². The van der Waals surface area contributed by atoms with Gasteiger partial charge < -0.3 is 4.74 Å². The van der Waals surface area contributed by atoms with Crippen LogP contribution in [0.3, 0.4) is 0 Å². The molecule has 0 aliphatic carbocycles. The molecular weight excluding hydrogens is 271 g/mol. The van der Waals surface area contributed by atoms with Crippen molar-refractivity contribution in [3.8, 4) is 5.75 Å². The lowest BCUT2D eigenvalue weighted by Crippen LogP contribution is -2.45. The molecule has 1 aromatic carbocycles. The first-order chi connectivity index (χ1) is 8.26. The zero-order valence-electron chi connectivity index (χ0n) is 9.44. The number of hydrogen-bond donors (Lipinski definition) is 1. The molecule has 0 saturated carbocycles. The largest absolute Gasteiger partial charge is 0.511 e. The number of alkyl halides is 3. The summed E-state index contributed by atoms with van der Waals surface area (Å²) in [5.74, 6) is 0.286. The van der Waals surface area contributed by atoms with E-state index in [1.54, 1.807) is 18.2 Å². The van der Waals surface area contributed by atoms with Gasteiger partial charge in [0.25, 0.3) is 0 Å². The average molecular weight is 283 g/mol. The number of hydrogen-bond acceptors (Lipinski definition) is 3. The Kier molecular flexibility index (Phi) is 4.58. The molecule has 1 N–H and O–H groups in total. The van der Waals surface area contributed by atoms with Crippen LogP contribution in [0.5, 0.6) is 5.75 Å². The van der Waals surface area contributed by atoms with E-state index in [1.807, 2.05) is 0 Å². The molecule has 18 heavy (non-hydrogen) atoms. The fourth-order valence-corrected chi connectivity index (χ4v) is 1.79. The highest BCUT2D eigenvalue weighted by molar-refractivity contribution is 7.90. The zero-order chi connectivity index (χ0) is 13.8. The molecule has 8 heteroatoms. The Hall–Kier alpha value is -1.28. The van der Waals surface area contributed by atoms with Crippen molar-refractivity contribution in [2.24, 2.45) is 0 Å². The Morgan fingerprint density at radius 3 is 2.28 bits per heavy atom. The summed E-state index contributed by atoms with van der Waals surface area (Å²) < 4.78 is 64.8. The number of rotatable bonds is 5. The summed E-state index contributed by atoms with van der Waals surface area (Å²) in [5.41, 5.74) is -5.35. The summed E-state index contributed by atoms with van der Waals surface area (Å²) in [7, 11) is -5.40. The smallest absolute Gasteiger partial charge is 0.474 e. The van der Waals surface area contributed by atoms with E-state index in [0.29, 0.717) is 0 Å². The molecule has 0 aliphatic heterocycles. The van der Waals surface area contributed by atoms with Gasteiger partial charge in [0.2, 0.25) is 0 Å². The van der Waals surface area contributed by atoms with Crippen LogP contribution in [0.15, 0.2) is 30.3 Å². The second-order valence-electron chi connectivity index (χ2n) is 3.39. The van der Waals surface area contributed by atoms with Crippen molar-refractivity contribution in [3.63, 3.8) is 0 Å². The third kappa shape index (κ3) is 3.88. The number of halogens is 3. The van der Waals surface area contributed by atoms with E-state index in [2.05, 4.69) is 0 Å². The lowest BCUT2D eigenvalue weighted by molar-refractivity contribution is -0.0462. The third-order valence-electron chi connectivity index (χ3n) is 1.98. The van der Waals surface area contributed by atoms with Crippen LogP contribution in [0.25, 0.3) is 0 Å². The predicted octanol–water partition coefficient (Wildman–Crippen LogP) is 2.24. The van der Waals surface area contributed by atoms with Crippen molar-refractivity contribution in [2.45, 2.75) is 25.1 Å². The van der Waals surface area contributed by atoms with E-state index in [4.69, 9.17) is 4.74 Å². The van der Waals surface area contributed by atoms with E-state index >= 15 is 0 Å². The number of benzene rings is 1. The summed E-state index contributed by atoms with van der Waals surface area (Å²) >= 11 is 0. The van der Waals surface area contributed by atoms with Gasteiger partial charge in [0.05, 0.1) is 0 Å². The number of nitrogens with one attached hydrogen (secondary N) is 1. The Bertz CT molecular complexity index is 473. The molecule has 0 heterocycles. The van der Waals surface area contributed by atoms with Gasteiger partial charge in [0.1, 0.15) is 5.75 Å². The van der Waals surface area contributed by atoms with E-state index in [1.165, 1.54) is 23.8 Å². The minimum absolute atomic E-state index is 0.0597. The molecule has 1 unspecified atom stereocenters. The van der Waals surface area contributed by atoms with E-state index in [-0.39, 0.29) is 12.2 Å². The molecule has 1 atom stereocenters. The van der Waals surface area contributed by atoms with E-state index in [0.717, 1.165) is 0 Å². The van der Waals surface area contributed by atoms with Crippen LogP contribution in [-0.2, 0) is 10.0 Å². The van der Waals surface area contributed by atoms with Crippen molar-refractivity contribution >= 4 is 10.0 Å². The molecule has 0 radical (unpaired) electrons. The fourth-order valence-electron chi connectivity index (χ4n) is 1.09. The lowest BCUT2D eigenvalue weighted by atomic mass is 10.3. The van der Waals surface area contributed by atoms with Crippen LogP contribution in [0.4, 0.5) is 13.2 Å². The van der Waals surface area contributed by atoms with Gasteiger partial charge in [-0.1, -0.05) is 25.1 Å². The first-order valence-electron chi connectivity index (χ1n) is 5.06. The molecule has 0 fully saturated rings. The van der Waals surface area contributed by atoms with Gasteiger partial charge in [-0.05, 0) is 18.6 Å². The normalized spacial score (nSPS) is 14.2. The quantitative estimate of drug-likeness (QED) is 0.843. The van der Waals surface area contributed by atoms with Gasteiger partial charge in [-0.15, -0.1) is 0 Å². The second-order valence-corrected chi connectivity index (χ2v) is 5.10. The van der Waals surface area contributed by atoms with Crippen molar-refractivity contribution in [1.29, 1.82) is 0 Å². The highest BCUT2D eigenvalue weighted by Crippen LogP contribution is 2.23. The van der Waals surface area contributed by atoms with Crippen LogP contribution >= 0.6 is 0 Å². The van der Waals surface area contributed by atoms with E-state index in [9.17, 15) is 21.6 Å². The van der Waals surface area contributed by atoms with Gasteiger partial charge in [-0.25, -0.2) is 8.42 Å². The summed E-state index contributed by atoms with van der Waals surface area (Å²) in [5, 5.41) is 0. The number of sulfonamides is 1.